The zero-order valence-corrected chi connectivity index (χ0v) is 22.2. The Morgan fingerprint density at radius 1 is 1.08 bits per heavy atom. The number of ketones is 1. The zero-order chi connectivity index (χ0) is 25.2. The lowest BCUT2D eigenvalue weighted by Gasteiger charge is -2.52. The number of hydrogen-bond acceptors (Lipinski definition) is 7. The van der Waals surface area contributed by atoms with Crippen LogP contribution in [0.25, 0.3) is 0 Å². The average Bonchev–Trinajstić information content (AvgIpc) is 3.18. The topological polar surface area (TPSA) is 61.8 Å². The highest BCUT2D eigenvalue weighted by Crippen LogP contribution is 2.49. The summed E-state index contributed by atoms with van der Waals surface area (Å²) >= 11 is 0. The van der Waals surface area contributed by atoms with Crippen molar-refractivity contribution in [1.82, 2.24) is 24.7 Å². The van der Waals surface area contributed by atoms with Gasteiger partial charge in [-0.15, -0.1) is 0 Å². The number of Topliss-reactive ketones (excluding diaryl/α,β-unsaturated/α-hetero) is 1. The van der Waals surface area contributed by atoms with Gasteiger partial charge >= 0.3 is 0 Å². The summed E-state index contributed by atoms with van der Waals surface area (Å²) in [4.78, 5) is 29.1. The highest BCUT2D eigenvalue weighted by atomic mass is 16.5. The summed E-state index contributed by atoms with van der Waals surface area (Å²) in [7, 11) is 6.06. The van der Waals surface area contributed by atoms with Crippen molar-refractivity contribution in [3.8, 4) is 5.75 Å². The van der Waals surface area contributed by atoms with Crippen molar-refractivity contribution in [2.24, 2.45) is 5.92 Å². The second kappa shape index (κ2) is 10.6. The summed E-state index contributed by atoms with van der Waals surface area (Å²) in [5.74, 6) is 2.18. The lowest BCUT2D eigenvalue weighted by Crippen LogP contribution is -2.56. The first-order valence-electron chi connectivity index (χ1n) is 13.5. The Labute approximate surface area is 215 Å². The highest BCUT2D eigenvalue weighted by Gasteiger charge is 2.51. The minimum atomic E-state index is 0.0869. The number of benzene rings is 1. The van der Waals surface area contributed by atoms with Crippen LogP contribution < -0.4 is 4.74 Å². The maximum absolute atomic E-state index is 13.0. The molecule has 2 aromatic rings. The second-order valence-electron chi connectivity index (χ2n) is 11.4. The first-order chi connectivity index (χ1) is 17.4. The van der Waals surface area contributed by atoms with Crippen LogP contribution in [-0.4, -0.2) is 83.5 Å². The molecular formula is C29H41N5O2. The van der Waals surface area contributed by atoms with Gasteiger partial charge in [0.25, 0.3) is 0 Å². The van der Waals surface area contributed by atoms with Crippen LogP contribution in [0.1, 0.15) is 56.3 Å². The molecule has 1 saturated heterocycles. The van der Waals surface area contributed by atoms with Crippen LogP contribution in [-0.2, 0) is 16.8 Å². The van der Waals surface area contributed by atoms with Crippen molar-refractivity contribution in [3.63, 3.8) is 0 Å². The zero-order valence-electron chi connectivity index (χ0n) is 22.2. The third kappa shape index (κ3) is 5.06. The Morgan fingerprint density at radius 3 is 2.36 bits per heavy atom. The number of hydrogen-bond donors (Lipinski definition) is 0. The fraction of sp³-hybridized carbons (Fsp3) is 0.621. The number of carbonyl (C=O) groups is 1. The molecule has 0 amide bonds. The van der Waals surface area contributed by atoms with E-state index < -0.39 is 0 Å². The Balaban J connectivity index is 1.28. The maximum atomic E-state index is 13.0. The SMILES string of the molecule is COc1cnc(CC(=O)CN2CN(CC3CCC3)C3(CCC(c4ccccc4)(N(C)C)CC3)C2)nc1. The molecule has 0 N–H and O–H groups in total. The van der Waals surface area contributed by atoms with Gasteiger partial charge in [-0.3, -0.25) is 19.5 Å². The smallest absolute Gasteiger partial charge is 0.155 e. The fourth-order valence-electron chi connectivity index (χ4n) is 6.67. The van der Waals surface area contributed by atoms with Gasteiger partial charge in [-0.1, -0.05) is 36.8 Å². The van der Waals surface area contributed by atoms with Crippen LogP contribution in [0, 0.1) is 5.92 Å². The molecule has 0 bridgehead atoms. The summed E-state index contributed by atoms with van der Waals surface area (Å²) in [5.41, 5.74) is 1.68. The normalized spacial score (nSPS) is 27.4. The number of ether oxygens (including phenoxy) is 1. The van der Waals surface area contributed by atoms with Crippen molar-refractivity contribution >= 4 is 5.78 Å². The molecule has 1 aromatic carbocycles. The Bertz CT molecular complexity index is 1010. The van der Waals surface area contributed by atoms with Gasteiger partial charge in [0.05, 0.1) is 39.1 Å². The number of nitrogens with zero attached hydrogens (tertiary/aromatic N) is 5. The van der Waals surface area contributed by atoms with E-state index in [1.165, 1.54) is 44.2 Å². The second-order valence-corrected chi connectivity index (χ2v) is 11.4. The summed E-state index contributed by atoms with van der Waals surface area (Å²) in [6, 6.07) is 11.0. The van der Waals surface area contributed by atoms with Crippen molar-refractivity contribution in [3.05, 3.63) is 54.1 Å². The minimum absolute atomic E-state index is 0.0869. The molecule has 5 rings (SSSR count). The molecule has 3 aliphatic rings. The first kappa shape index (κ1) is 25.3. The molecule has 3 fully saturated rings. The van der Waals surface area contributed by atoms with Gasteiger partial charge in [-0.25, -0.2) is 9.97 Å². The van der Waals surface area contributed by atoms with Crippen LogP contribution in [0.5, 0.6) is 5.75 Å². The van der Waals surface area contributed by atoms with Crippen LogP contribution in [0.2, 0.25) is 0 Å². The lowest BCUT2D eigenvalue weighted by atomic mass is 9.68. The van der Waals surface area contributed by atoms with Gasteiger partial charge in [-0.05, 0) is 64.1 Å². The largest absolute Gasteiger partial charge is 0.494 e. The molecule has 36 heavy (non-hydrogen) atoms. The summed E-state index contributed by atoms with van der Waals surface area (Å²) in [6.45, 7) is 3.52. The van der Waals surface area contributed by atoms with Crippen LogP contribution in [0.15, 0.2) is 42.7 Å². The number of carbonyl (C=O) groups excluding carboxylic acids is 1. The van der Waals surface area contributed by atoms with Gasteiger partial charge in [0.15, 0.2) is 11.5 Å². The highest BCUT2D eigenvalue weighted by molar-refractivity contribution is 5.82. The van der Waals surface area contributed by atoms with Gasteiger partial charge < -0.3 is 4.74 Å². The van der Waals surface area contributed by atoms with E-state index in [9.17, 15) is 4.79 Å². The van der Waals surface area contributed by atoms with Gasteiger partial charge in [0, 0.05) is 24.2 Å². The molecule has 1 spiro atoms. The fourth-order valence-corrected chi connectivity index (χ4v) is 6.67. The molecule has 2 heterocycles. The van der Waals surface area contributed by atoms with Gasteiger partial charge in [0.1, 0.15) is 5.82 Å². The van der Waals surface area contributed by atoms with Crippen LogP contribution in [0.4, 0.5) is 0 Å². The molecule has 1 aliphatic heterocycles. The van der Waals surface area contributed by atoms with Crippen LogP contribution in [0.3, 0.4) is 0 Å². The molecule has 194 valence electrons. The van der Waals surface area contributed by atoms with E-state index in [1.54, 1.807) is 19.5 Å². The lowest BCUT2D eigenvalue weighted by molar-refractivity contribution is -0.119. The molecule has 0 unspecified atom stereocenters. The van der Waals surface area contributed by atoms with E-state index in [4.69, 9.17) is 4.74 Å². The Kier molecular flexibility index (Phi) is 7.42. The maximum Gasteiger partial charge on any atom is 0.155 e. The van der Waals surface area contributed by atoms with Gasteiger partial charge in [0.2, 0.25) is 0 Å². The molecular weight excluding hydrogens is 450 g/mol. The first-order valence-corrected chi connectivity index (χ1v) is 13.5. The molecule has 0 atom stereocenters. The number of methoxy groups -OCH3 is 1. The third-order valence-corrected chi connectivity index (χ3v) is 9.11. The molecule has 1 aromatic heterocycles. The number of rotatable bonds is 9. The Morgan fingerprint density at radius 2 is 1.78 bits per heavy atom. The van der Waals surface area contributed by atoms with Crippen molar-refractivity contribution in [2.75, 3.05) is 47.5 Å². The molecule has 2 aliphatic carbocycles. The van der Waals surface area contributed by atoms with E-state index in [0.717, 1.165) is 32.0 Å². The predicted molar refractivity (Wildman–Crippen MR) is 141 cm³/mol. The molecule has 2 saturated carbocycles. The average molecular weight is 492 g/mol. The van der Waals surface area contributed by atoms with E-state index >= 15 is 0 Å². The summed E-state index contributed by atoms with van der Waals surface area (Å²) < 4.78 is 5.13. The Hall–Kier alpha value is -2.35. The number of aromatic nitrogens is 2. The van der Waals surface area contributed by atoms with Crippen molar-refractivity contribution in [2.45, 2.75) is 62.4 Å². The molecule has 7 nitrogen and oxygen atoms in total. The van der Waals surface area contributed by atoms with Crippen LogP contribution >= 0.6 is 0 Å². The summed E-state index contributed by atoms with van der Waals surface area (Å²) in [5, 5.41) is 0. The standard InChI is InChI=1S/C29H41N5O2/c1-32(2)29(24-10-5-4-6-11-24)14-12-28(13-15-29)21-33(22-34(28)19-23-8-7-9-23)20-25(35)16-27-30-17-26(36-3)18-31-27/h4-6,10-11,17-18,23H,7-9,12-16,19-22H2,1-3H3. The molecule has 0 radical (unpaired) electrons. The van der Waals surface area contributed by atoms with Gasteiger partial charge in [-0.2, -0.15) is 0 Å². The quantitative estimate of drug-likeness (QED) is 0.530. The minimum Gasteiger partial charge on any atom is -0.494 e. The monoisotopic (exact) mass is 491 g/mol. The van der Waals surface area contributed by atoms with Crippen molar-refractivity contribution < 1.29 is 9.53 Å². The predicted octanol–water partition coefficient (Wildman–Crippen LogP) is 3.74. The van der Waals surface area contributed by atoms with E-state index in [0.29, 0.717) is 18.1 Å². The summed E-state index contributed by atoms with van der Waals surface area (Å²) in [6.07, 6.45) is 12.2. The van der Waals surface area contributed by atoms with E-state index in [2.05, 4.69) is 69.1 Å². The van der Waals surface area contributed by atoms with E-state index in [-0.39, 0.29) is 23.3 Å². The molecule has 7 heteroatoms. The van der Waals surface area contributed by atoms with Crippen molar-refractivity contribution in [1.29, 1.82) is 0 Å². The van der Waals surface area contributed by atoms with E-state index in [1.807, 2.05) is 0 Å². The third-order valence-electron chi connectivity index (χ3n) is 9.11.